The van der Waals surface area contributed by atoms with Crippen LogP contribution in [-0.2, 0) is 22.7 Å². The first-order chi connectivity index (χ1) is 7.68. The Morgan fingerprint density at radius 3 is 2.41 bits per heavy atom. The van der Waals surface area contributed by atoms with E-state index in [1.807, 2.05) is 6.92 Å². The average Bonchev–Trinajstić information content (AvgIpc) is 2.19. The summed E-state index contributed by atoms with van der Waals surface area (Å²) in [5, 5.41) is 0. The number of hydrogen-bond acceptors (Lipinski definition) is 6. The Hall–Kier alpha value is 0.300. The quantitative estimate of drug-likeness (QED) is 0.716. The van der Waals surface area contributed by atoms with Crippen molar-refractivity contribution in [1.82, 2.24) is 0 Å². The summed E-state index contributed by atoms with van der Waals surface area (Å²) in [6.07, 6.45) is 1.26. The lowest BCUT2D eigenvalue weighted by atomic mass is 9.84. The van der Waals surface area contributed by atoms with E-state index in [1.54, 1.807) is 0 Å². The van der Waals surface area contributed by atoms with Crippen LogP contribution < -0.4 is 4.89 Å². The maximum atomic E-state index is 11.5. The molecule has 0 spiro atoms. The van der Waals surface area contributed by atoms with Crippen molar-refractivity contribution in [2.24, 2.45) is 5.41 Å². The van der Waals surface area contributed by atoms with Crippen molar-refractivity contribution in [2.75, 3.05) is 33.2 Å². The minimum absolute atomic E-state index is 0.103. The first-order valence-corrected chi connectivity index (χ1v) is 9.46. The van der Waals surface area contributed by atoms with Gasteiger partial charge in [-0.05, 0) is 12.8 Å². The van der Waals surface area contributed by atoms with Crippen LogP contribution in [0.25, 0.3) is 0 Å². The molecule has 0 amide bonds. The predicted octanol–water partition coefficient (Wildman–Crippen LogP) is 1.84. The molecule has 8 heteroatoms. The highest BCUT2D eigenvalue weighted by molar-refractivity contribution is 7.53. The first-order valence-electron chi connectivity index (χ1n) is 5.48. The van der Waals surface area contributed by atoms with Gasteiger partial charge < -0.3 is 23.0 Å². The SMILES string of the molecule is CCC1(CCOP(C)(=O)[O-])COP(C)(=O)OC1. The zero-order valence-electron chi connectivity index (χ0n) is 10.4. The fourth-order valence-corrected chi connectivity index (χ4v) is 3.05. The second kappa shape index (κ2) is 5.52. The topological polar surface area (TPSA) is 84.9 Å². The molecule has 1 aliphatic rings. The van der Waals surface area contributed by atoms with Crippen LogP contribution >= 0.6 is 15.2 Å². The van der Waals surface area contributed by atoms with Crippen molar-refractivity contribution in [2.45, 2.75) is 19.8 Å². The zero-order valence-corrected chi connectivity index (χ0v) is 12.2. The maximum Gasteiger partial charge on any atom is 0.327 e. The molecule has 102 valence electrons. The molecular weight excluding hydrogens is 266 g/mol. The van der Waals surface area contributed by atoms with E-state index in [9.17, 15) is 14.0 Å². The van der Waals surface area contributed by atoms with Crippen molar-refractivity contribution in [3.05, 3.63) is 0 Å². The Kier molecular flexibility index (Phi) is 4.98. The monoisotopic (exact) mass is 285 g/mol. The zero-order chi connectivity index (χ0) is 13.2. The van der Waals surface area contributed by atoms with Gasteiger partial charge in [-0.3, -0.25) is 4.57 Å². The van der Waals surface area contributed by atoms with Crippen molar-refractivity contribution < 1.29 is 27.6 Å². The van der Waals surface area contributed by atoms with Crippen molar-refractivity contribution in [1.29, 1.82) is 0 Å². The van der Waals surface area contributed by atoms with Crippen LogP contribution in [0.2, 0.25) is 0 Å². The van der Waals surface area contributed by atoms with E-state index in [4.69, 9.17) is 13.6 Å². The van der Waals surface area contributed by atoms with E-state index in [0.29, 0.717) is 19.6 Å². The highest BCUT2D eigenvalue weighted by atomic mass is 31.2. The fraction of sp³-hybridized carbons (Fsp3) is 1.00. The molecule has 0 aromatic carbocycles. The third-order valence-electron chi connectivity index (χ3n) is 2.92. The normalized spacial score (nSPS) is 37.6. The van der Waals surface area contributed by atoms with Crippen LogP contribution in [0.1, 0.15) is 19.8 Å². The first kappa shape index (κ1) is 15.4. The lowest BCUT2D eigenvalue weighted by Gasteiger charge is -2.38. The number of hydrogen-bond donors (Lipinski definition) is 0. The lowest BCUT2D eigenvalue weighted by molar-refractivity contribution is -0.197. The van der Waals surface area contributed by atoms with Gasteiger partial charge in [-0.1, -0.05) is 6.92 Å². The van der Waals surface area contributed by atoms with Gasteiger partial charge in [0.25, 0.3) is 0 Å². The summed E-state index contributed by atoms with van der Waals surface area (Å²) < 4.78 is 37.5. The molecule has 1 saturated heterocycles. The lowest BCUT2D eigenvalue weighted by Crippen LogP contribution is -2.36. The fourth-order valence-electron chi connectivity index (χ4n) is 1.54. The summed E-state index contributed by atoms with van der Waals surface area (Å²) in [6.45, 7) is 5.16. The number of rotatable bonds is 5. The van der Waals surface area contributed by atoms with E-state index < -0.39 is 15.2 Å². The van der Waals surface area contributed by atoms with E-state index in [-0.39, 0.29) is 12.0 Å². The average molecular weight is 285 g/mol. The minimum Gasteiger partial charge on any atom is -0.779 e. The van der Waals surface area contributed by atoms with Gasteiger partial charge in [0, 0.05) is 18.7 Å². The van der Waals surface area contributed by atoms with Gasteiger partial charge in [-0.15, -0.1) is 0 Å². The maximum absolute atomic E-state index is 11.5. The molecule has 0 N–H and O–H groups in total. The Morgan fingerprint density at radius 1 is 1.47 bits per heavy atom. The molecule has 1 heterocycles. The molecule has 0 bridgehead atoms. The smallest absolute Gasteiger partial charge is 0.327 e. The molecule has 0 radical (unpaired) electrons. The second-order valence-corrected chi connectivity index (χ2v) is 8.39. The van der Waals surface area contributed by atoms with Gasteiger partial charge >= 0.3 is 7.60 Å². The molecule has 0 saturated carbocycles. The Morgan fingerprint density at radius 2 is 2.00 bits per heavy atom. The third-order valence-corrected chi connectivity index (χ3v) is 4.77. The summed E-state index contributed by atoms with van der Waals surface area (Å²) in [4.78, 5) is 10.9. The van der Waals surface area contributed by atoms with Crippen LogP contribution in [-0.4, -0.2) is 33.2 Å². The molecule has 0 aromatic rings. The molecule has 1 fully saturated rings. The molecule has 6 nitrogen and oxygen atoms in total. The summed E-state index contributed by atoms with van der Waals surface area (Å²) in [5.74, 6) is 0. The summed E-state index contributed by atoms with van der Waals surface area (Å²) in [5.41, 5.74) is -0.306. The molecular formula is C9H19O6P2-. The predicted molar refractivity (Wildman–Crippen MR) is 62.3 cm³/mol. The summed E-state index contributed by atoms with van der Waals surface area (Å²) in [7, 11) is -6.59. The third kappa shape index (κ3) is 5.21. The largest absolute Gasteiger partial charge is 0.779 e. The Balaban J connectivity index is 2.48. The molecule has 0 aliphatic carbocycles. The van der Waals surface area contributed by atoms with Gasteiger partial charge in [0.2, 0.25) is 0 Å². The molecule has 1 atom stereocenters. The standard InChI is InChI=1S/C9H20O6P2/c1-4-9(5-6-13-16(2,10)11)7-14-17(3,12)15-8-9/h4-8H2,1-3H3,(H,10,11)/p-1. The highest BCUT2D eigenvalue weighted by Gasteiger charge is 2.38. The van der Waals surface area contributed by atoms with Crippen LogP contribution in [0.15, 0.2) is 0 Å². The van der Waals surface area contributed by atoms with E-state index in [0.717, 1.165) is 13.1 Å². The minimum atomic E-state index is -3.69. The highest BCUT2D eigenvalue weighted by Crippen LogP contribution is 2.52. The van der Waals surface area contributed by atoms with Crippen molar-refractivity contribution in [3.63, 3.8) is 0 Å². The molecule has 0 aromatic heterocycles. The molecule has 1 unspecified atom stereocenters. The summed E-state index contributed by atoms with van der Waals surface area (Å²) in [6, 6.07) is 0. The van der Waals surface area contributed by atoms with Crippen molar-refractivity contribution in [3.8, 4) is 0 Å². The second-order valence-electron chi connectivity index (χ2n) is 4.53. The molecule has 1 rings (SSSR count). The Labute approximate surface area is 102 Å². The van der Waals surface area contributed by atoms with E-state index in [1.165, 1.54) is 6.66 Å². The Bertz CT molecular complexity index is 337. The molecule has 17 heavy (non-hydrogen) atoms. The van der Waals surface area contributed by atoms with Crippen molar-refractivity contribution >= 4 is 15.2 Å². The molecule has 1 aliphatic heterocycles. The summed E-state index contributed by atoms with van der Waals surface area (Å²) >= 11 is 0. The van der Waals surface area contributed by atoms with Gasteiger partial charge in [0.15, 0.2) is 0 Å². The van der Waals surface area contributed by atoms with Gasteiger partial charge in [-0.25, -0.2) is 0 Å². The van der Waals surface area contributed by atoms with Crippen LogP contribution in [0.4, 0.5) is 0 Å². The van der Waals surface area contributed by atoms with Gasteiger partial charge in [-0.2, -0.15) is 0 Å². The van der Waals surface area contributed by atoms with Gasteiger partial charge in [0.1, 0.15) is 7.60 Å². The van der Waals surface area contributed by atoms with Crippen LogP contribution in [0, 0.1) is 5.41 Å². The van der Waals surface area contributed by atoms with E-state index >= 15 is 0 Å². The van der Waals surface area contributed by atoms with Crippen LogP contribution in [0.5, 0.6) is 0 Å². The van der Waals surface area contributed by atoms with Gasteiger partial charge in [0.05, 0.1) is 19.8 Å². The van der Waals surface area contributed by atoms with E-state index in [2.05, 4.69) is 0 Å². The van der Waals surface area contributed by atoms with Crippen LogP contribution in [0.3, 0.4) is 0 Å².